The molecule has 0 radical (unpaired) electrons. The Morgan fingerprint density at radius 2 is 2.06 bits per heavy atom. The highest BCUT2D eigenvalue weighted by Gasteiger charge is 2.34. The van der Waals surface area contributed by atoms with Crippen molar-refractivity contribution in [2.45, 2.75) is 13.8 Å². The maximum absolute atomic E-state index is 12.9. The molecule has 1 aliphatic heterocycles. The molecule has 1 amide bonds. The normalized spacial score (nSPS) is 13.8. The highest BCUT2D eigenvalue weighted by molar-refractivity contribution is 7.08. The van der Waals surface area contributed by atoms with Crippen molar-refractivity contribution >= 4 is 45.9 Å². The van der Waals surface area contributed by atoms with Crippen molar-refractivity contribution in [1.82, 2.24) is 23.9 Å². The molecular weight excluding hydrogens is 446 g/mol. The summed E-state index contributed by atoms with van der Waals surface area (Å²) in [5.74, 6) is -0.988. The lowest BCUT2D eigenvalue weighted by Crippen LogP contribution is -2.52. The van der Waals surface area contributed by atoms with E-state index < -0.39 is 11.4 Å². The van der Waals surface area contributed by atoms with Gasteiger partial charge in [0.05, 0.1) is 17.0 Å². The molecular formula is C21H19N7O4S. The van der Waals surface area contributed by atoms with Gasteiger partial charge in [0, 0.05) is 42.7 Å². The van der Waals surface area contributed by atoms with E-state index in [-0.39, 0.29) is 22.8 Å². The van der Waals surface area contributed by atoms with Gasteiger partial charge in [-0.15, -0.1) is 0 Å². The topological polar surface area (TPSA) is 146 Å². The number of fused-ring (bicyclic) bond motifs is 1. The molecule has 4 aromatic rings. The number of nitrogens with one attached hydrogen (secondary N) is 2. The molecule has 1 aliphatic rings. The predicted molar refractivity (Wildman–Crippen MR) is 122 cm³/mol. The number of carbonyl (C=O) groups excluding carboxylic acids is 1. The third-order valence-corrected chi connectivity index (χ3v) is 6.26. The fraction of sp³-hybridized carbons (Fsp3) is 0.238. The Balaban J connectivity index is 1.48. The average Bonchev–Trinajstić information content (AvgIpc) is 3.38. The Labute approximate surface area is 190 Å². The largest absolute Gasteiger partial charge is 0.477 e. The number of aryl methyl sites for hydroxylation is 2. The minimum absolute atomic E-state index is 0.0698. The van der Waals surface area contributed by atoms with Gasteiger partial charge in [-0.2, -0.15) is 4.37 Å². The summed E-state index contributed by atoms with van der Waals surface area (Å²) < 4.78 is 5.45. The number of carboxylic acid groups (broad SMARTS) is 1. The summed E-state index contributed by atoms with van der Waals surface area (Å²) in [6, 6.07) is 3.60. The van der Waals surface area contributed by atoms with E-state index >= 15 is 0 Å². The lowest BCUT2D eigenvalue weighted by Gasteiger charge is -2.39. The van der Waals surface area contributed by atoms with Gasteiger partial charge < -0.3 is 20.3 Å². The first-order chi connectivity index (χ1) is 15.8. The van der Waals surface area contributed by atoms with Gasteiger partial charge in [-0.05, 0) is 31.5 Å². The number of H-pyrrole nitrogens is 1. The molecule has 33 heavy (non-hydrogen) atoms. The highest BCUT2D eigenvalue weighted by Crippen LogP contribution is 2.28. The molecule has 12 heteroatoms. The number of carboxylic acids is 1. The maximum atomic E-state index is 12.9. The molecule has 5 heterocycles. The van der Waals surface area contributed by atoms with Crippen LogP contribution < -0.4 is 15.6 Å². The zero-order chi connectivity index (χ0) is 23.3. The zero-order valence-corrected chi connectivity index (χ0v) is 18.5. The summed E-state index contributed by atoms with van der Waals surface area (Å²) >= 11 is 1.06. The molecule has 4 aromatic heterocycles. The summed E-state index contributed by atoms with van der Waals surface area (Å²) in [5, 5.41) is 13.0. The number of carbonyl (C=O) groups is 2. The van der Waals surface area contributed by atoms with Crippen molar-refractivity contribution in [2.75, 3.05) is 23.3 Å². The Morgan fingerprint density at radius 3 is 2.70 bits per heavy atom. The molecule has 0 unspecified atom stereocenters. The van der Waals surface area contributed by atoms with E-state index in [1.807, 2.05) is 17.9 Å². The summed E-state index contributed by atoms with van der Waals surface area (Å²) in [6.45, 7) is 4.60. The van der Waals surface area contributed by atoms with Gasteiger partial charge in [-0.25, -0.2) is 14.8 Å². The number of nitrogens with zero attached hydrogens (tertiary/aromatic N) is 5. The van der Waals surface area contributed by atoms with Gasteiger partial charge in [0.25, 0.3) is 0 Å². The third-order valence-electron chi connectivity index (χ3n) is 5.60. The summed E-state index contributed by atoms with van der Waals surface area (Å²) in [4.78, 5) is 50.8. The Kier molecular flexibility index (Phi) is 4.93. The fourth-order valence-corrected chi connectivity index (χ4v) is 4.38. The van der Waals surface area contributed by atoms with Gasteiger partial charge in [0.1, 0.15) is 17.7 Å². The molecule has 0 bridgehead atoms. The van der Waals surface area contributed by atoms with E-state index in [0.29, 0.717) is 35.2 Å². The monoisotopic (exact) mass is 465 g/mol. The van der Waals surface area contributed by atoms with E-state index in [9.17, 15) is 19.5 Å². The van der Waals surface area contributed by atoms with Crippen LogP contribution in [0.1, 0.15) is 21.6 Å². The van der Waals surface area contributed by atoms with Crippen LogP contribution in [-0.4, -0.2) is 54.0 Å². The minimum atomic E-state index is -1.32. The molecule has 0 aliphatic carbocycles. The van der Waals surface area contributed by atoms with E-state index in [1.54, 1.807) is 19.2 Å². The van der Waals surface area contributed by atoms with Crippen LogP contribution in [0, 0.1) is 19.8 Å². The van der Waals surface area contributed by atoms with Crippen molar-refractivity contribution in [3.05, 3.63) is 57.9 Å². The van der Waals surface area contributed by atoms with Crippen LogP contribution in [0.5, 0.6) is 0 Å². The van der Waals surface area contributed by atoms with E-state index in [2.05, 4.69) is 24.6 Å². The smallest absolute Gasteiger partial charge is 0.341 e. The van der Waals surface area contributed by atoms with Crippen molar-refractivity contribution in [1.29, 1.82) is 0 Å². The second-order valence-electron chi connectivity index (χ2n) is 7.93. The van der Waals surface area contributed by atoms with Gasteiger partial charge in [0.15, 0.2) is 5.65 Å². The number of rotatable bonds is 5. The Morgan fingerprint density at radius 1 is 1.27 bits per heavy atom. The lowest BCUT2D eigenvalue weighted by atomic mass is 9.98. The number of aromatic carboxylic acids is 1. The van der Waals surface area contributed by atoms with Gasteiger partial charge in [-0.3, -0.25) is 14.2 Å². The molecule has 0 aromatic carbocycles. The molecule has 1 fully saturated rings. The molecule has 3 N–H and O–H groups in total. The molecule has 5 rings (SSSR count). The van der Waals surface area contributed by atoms with Gasteiger partial charge in [-0.1, -0.05) is 0 Å². The first-order valence-corrected chi connectivity index (χ1v) is 10.9. The second kappa shape index (κ2) is 7.81. The van der Waals surface area contributed by atoms with Crippen LogP contribution in [0.25, 0.3) is 16.2 Å². The summed E-state index contributed by atoms with van der Waals surface area (Å²) in [7, 11) is 0. The van der Waals surface area contributed by atoms with Gasteiger partial charge >= 0.3 is 5.97 Å². The number of aromatic nitrogens is 5. The number of anilines is 2. The molecule has 11 nitrogen and oxygen atoms in total. The fourth-order valence-electron chi connectivity index (χ4n) is 3.87. The van der Waals surface area contributed by atoms with Crippen LogP contribution in [0.15, 0.2) is 35.6 Å². The Hall–Kier alpha value is -4.06. The van der Waals surface area contributed by atoms with E-state index in [1.165, 1.54) is 17.1 Å². The first-order valence-electron chi connectivity index (χ1n) is 10.1. The lowest BCUT2D eigenvalue weighted by molar-refractivity contribution is -0.120. The van der Waals surface area contributed by atoms with Crippen LogP contribution in [-0.2, 0) is 4.79 Å². The van der Waals surface area contributed by atoms with Crippen molar-refractivity contribution in [2.24, 2.45) is 5.92 Å². The number of hydrogen-bond donors (Lipinski definition) is 3. The Bertz CT molecular complexity index is 1450. The third kappa shape index (κ3) is 3.63. The van der Waals surface area contributed by atoms with E-state index in [0.717, 1.165) is 22.9 Å². The second-order valence-corrected chi connectivity index (χ2v) is 8.69. The molecule has 1 saturated heterocycles. The zero-order valence-electron chi connectivity index (χ0n) is 17.7. The number of amides is 1. The van der Waals surface area contributed by atoms with Crippen LogP contribution >= 0.6 is 11.5 Å². The number of aromatic amines is 1. The SMILES string of the molecule is Cc1cc(NC(=O)C2CN(c3cc(C)c4c(=O)c(C(=O)O)cn(-c5ncns5)c4n3)C2)c[nH]1. The predicted octanol–water partition coefficient (Wildman–Crippen LogP) is 1.96. The van der Waals surface area contributed by atoms with Crippen LogP contribution in [0.4, 0.5) is 11.5 Å². The quantitative estimate of drug-likeness (QED) is 0.405. The summed E-state index contributed by atoms with van der Waals surface area (Å²) in [6.07, 6.45) is 4.33. The first kappa shape index (κ1) is 20.8. The van der Waals surface area contributed by atoms with Crippen molar-refractivity contribution in [3.8, 4) is 5.13 Å². The van der Waals surface area contributed by atoms with Crippen molar-refractivity contribution in [3.63, 3.8) is 0 Å². The summed E-state index contributed by atoms with van der Waals surface area (Å²) in [5.41, 5.74) is 1.62. The maximum Gasteiger partial charge on any atom is 0.341 e. The standard InChI is InChI=1S/C21H19N7O4S/c1-10-3-15(27-6-12(7-27)19(30)25-13-4-11(2)22-5-13)26-18-16(10)17(29)14(20(31)32)8-28(18)21-23-9-24-33-21/h3-5,8-9,12,22H,6-7H2,1-2H3,(H,25,30)(H,31,32). The molecule has 168 valence electrons. The molecule has 0 spiro atoms. The van der Waals surface area contributed by atoms with Crippen molar-refractivity contribution < 1.29 is 14.7 Å². The number of pyridine rings is 2. The highest BCUT2D eigenvalue weighted by atomic mass is 32.1. The van der Waals surface area contributed by atoms with Gasteiger partial charge in [0.2, 0.25) is 16.5 Å². The number of hydrogen-bond acceptors (Lipinski definition) is 8. The van der Waals surface area contributed by atoms with E-state index in [4.69, 9.17) is 0 Å². The van der Waals surface area contributed by atoms with Crippen LogP contribution in [0.3, 0.4) is 0 Å². The average molecular weight is 465 g/mol. The minimum Gasteiger partial charge on any atom is -0.477 e. The molecule has 0 saturated carbocycles. The molecule has 0 atom stereocenters. The van der Waals surface area contributed by atoms with Crippen LogP contribution in [0.2, 0.25) is 0 Å².